The van der Waals surface area contributed by atoms with Crippen LogP contribution < -0.4 is 5.73 Å². The number of thiophene rings is 1. The average Bonchev–Trinajstić information content (AvgIpc) is 2.76. The molecule has 1 saturated heterocycles. The highest BCUT2D eigenvalue weighted by Gasteiger charge is 2.31. The molecule has 0 spiro atoms. The lowest BCUT2D eigenvalue weighted by atomic mass is 10.0. The summed E-state index contributed by atoms with van der Waals surface area (Å²) in [5.41, 5.74) is 5.63. The fourth-order valence-corrected chi connectivity index (χ4v) is 6.02. The SMILES string of the molecule is NCC1CCCN(S(=O)(=O)c2sccc2Br)C1. The molecule has 0 radical (unpaired) electrons. The lowest BCUT2D eigenvalue weighted by molar-refractivity contribution is 0.272. The van der Waals surface area contributed by atoms with Crippen LogP contribution in [0.5, 0.6) is 0 Å². The van der Waals surface area contributed by atoms with Gasteiger partial charge in [0.05, 0.1) is 0 Å². The summed E-state index contributed by atoms with van der Waals surface area (Å²) in [5, 5.41) is 1.78. The van der Waals surface area contributed by atoms with Crippen LogP contribution in [0.15, 0.2) is 20.1 Å². The summed E-state index contributed by atoms with van der Waals surface area (Å²) in [6.45, 7) is 1.70. The summed E-state index contributed by atoms with van der Waals surface area (Å²) in [4.78, 5) is 0. The van der Waals surface area contributed by atoms with Crippen molar-refractivity contribution >= 4 is 37.3 Å². The molecule has 96 valence electrons. The molecule has 2 rings (SSSR count). The van der Waals surface area contributed by atoms with Gasteiger partial charge in [-0.1, -0.05) is 0 Å². The number of hydrogen-bond acceptors (Lipinski definition) is 4. The van der Waals surface area contributed by atoms with Crippen molar-refractivity contribution in [2.75, 3.05) is 19.6 Å². The third kappa shape index (κ3) is 2.73. The quantitative estimate of drug-likeness (QED) is 0.914. The molecule has 1 atom stereocenters. The monoisotopic (exact) mass is 338 g/mol. The molecule has 2 N–H and O–H groups in total. The number of halogens is 1. The van der Waals surface area contributed by atoms with E-state index >= 15 is 0 Å². The van der Waals surface area contributed by atoms with Crippen LogP contribution in [0.3, 0.4) is 0 Å². The van der Waals surface area contributed by atoms with Crippen molar-refractivity contribution < 1.29 is 8.42 Å². The largest absolute Gasteiger partial charge is 0.330 e. The van der Waals surface area contributed by atoms with E-state index in [9.17, 15) is 8.42 Å². The van der Waals surface area contributed by atoms with E-state index in [2.05, 4.69) is 15.9 Å². The molecule has 1 aliphatic heterocycles. The van der Waals surface area contributed by atoms with Gasteiger partial charge in [0.15, 0.2) is 0 Å². The maximum absolute atomic E-state index is 12.4. The van der Waals surface area contributed by atoms with E-state index in [0.29, 0.717) is 28.3 Å². The first-order chi connectivity index (χ1) is 8.05. The molecule has 1 aromatic heterocycles. The minimum Gasteiger partial charge on any atom is -0.330 e. The van der Waals surface area contributed by atoms with E-state index in [-0.39, 0.29) is 5.92 Å². The van der Waals surface area contributed by atoms with E-state index < -0.39 is 10.0 Å². The molecule has 0 amide bonds. The van der Waals surface area contributed by atoms with Crippen LogP contribution in [0.4, 0.5) is 0 Å². The number of nitrogens with zero attached hydrogens (tertiary/aromatic N) is 1. The van der Waals surface area contributed by atoms with Gasteiger partial charge in [-0.15, -0.1) is 11.3 Å². The van der Waals surface area contributed by atoms with E-state index in [0.717, 1.165) is 12.8 Å². The standard InChI is InChI=1S/C10H15BrN2O2S2/c11-9-3-5-16-10(9)17(14,15)13-4-1-2-8(6-12)7-13/h3,5,8H,1-2,4,6-7,12H2. The van der Waals surface area contributed by atoms with E-state index in [1.807, 2.05) is 0 Å². The van der Waals surface area contributed by atoms with Gasteiger partial charge in [-0.2, -0.15) is 4.31 Å². The minimum absolute atomic E-state index is 0.289. The Kier molecular flexibility index (Phi) is 4.25. The first-order valence-corrected chi connectivity index (χ1v) is 8.60. The van der Waals surface area contributed by atoms with Crippen LogP contribution in [-0.2, 0) is 10.0 Å². The molecule has 0 aromatic carbocycles. The molecular weight excluding hydrogens is 324 g/mol. The minimum atomic E-state index is -3.34. The van der Waals surface area contributed by atoms with Gasteiger partial charge < -0.3 is 5.73 Å². The second-order valence-electron chi connectivity index (χ2n) is 4.16. The van der Waals surface area contributed by atoms with Crippen LogP contribution in [0.2, 0.25) is 0 Å². The second-order valence-corrected chi connectivity index (χ2v) is 8.07. The van der Waals surface area contributed by atoms with Gasteiger partial charge in [-0.25, -0.2) is 8.42 Å². The number of hydrogen-bond donors (Lipinski definition) is 1. The lowest BCUT2D eigenvalue weighted by Gasteiger charge is -2.30. The van der Waals surface area contributed by atoms with Crippen molar-refractivity contribution in [1.82, 2.24) is 4.31 Å². The molecule has 1 unspecified atom stereocenters. The fourth-order valence-electron chi connectivity index (χ4n) is 2.02. The highest BCUT2D eigenvalue weighted by molar-refractivity contribution is 9.10. The van der Waals surface area contributed by atoms with Crippen molar-refractivity contribution in [2.24, 2.45) is 11.7 Å². The first kappa shape index (κ1) is 13.5. The molecule has 1 aliphatic rings. The Bertz CT molecular complexity index is 486. The lowest BCUT2D eigenvalue weighted by Crippen LogP contribution is -2.41. The predicted molar refractivity (Wildman–Crippen MR) is 72.6 cm³/mol. The summed E-state index contributed by atoms with van der Waals surface area (Å²) in [6.07, 6.45) is 1.91. The van der Waals surface area contributed by atoms with Crippen molar-refractivity contribution in [1.29, 1.82) is 0 Å². The van der Waals surface area contributed by atoms with Crippen molar-refractivity contribution in [2.45, 2.75) is 17.1 Å². The van der Waals surface area contributed by atoms with E-state index in [1.165, 1.54) is 11.3 Å². The molecule has 7 heteroatoms. The van der Waals surface area contributed by atoms with Crippen LogP contribution in [0.25, 0.3) is 0 Å². The van der Waals surface area contributed by atoms with Crippen LogP contribution in [0, 0.1) is 5.92 Å². The summed E-state index contributed by atoms with van der Waals surface area (Å²) in [6, 6.07) is 1.77. The fraction of sp³-hybridized carbons (Fsp3) is 0.600. The molecule has 17 heavy (non-hydrogen) atoms. The Morgan fingerprint density at radius 2 is 2.35 bits per heavy atom. The highest BCUT2D eigenvalue weighted by Crippen LogP contribution is 2.32. The summed E-state index contributed by atoms with van der Waals surface area (Å²) in [7, 11) is -3.34. The Balaban J connectivity index is 2.24. The van der Waals surface area contributed by atoms with Gasteiger partial charge in [-0.3, -0.25) is 0 Å². The second kappa shape index (κ2) is 5.36. The molecular formula is C10H15BrN2O2S2. The molecule has 0 aliphatic carbocycles. The van der Waals surface area contributed by atoms with Gasteiger partial charge in [0.25, 0.3) is 10.0 Å². The van der Waals surface area contributed by atoms with Crippen molar-refractivity contribution in [3.63, 3.8) is 0 Å². The maximum Gasteiger partial charge on any atom is 0.253 e. The third-order valence-corrected chi connectivity index (χ3v) is 7.49. The Labute approximate surface area is 114 Å². The van der Waals surface area contributed by atoms with Gasteiger partial charge in [0.2, 0.25) is 0 Å². The normalized spacial score (nSPS) is 22.8. The highest BCUT2D eigenvalue weighted by atomic mass is 79.9. The summed E-state index contributed by atoms with van der Waals surface area (Å²) < 4.78 is 27.4. The van der Waals surface area contributed by atoms with E-state index in [4.69, 9.17) is 5.73 Å². The van der Waals surface area contributed by atoms with Gasteiger partial charge in [0.1, 0.15) is 4.21 Å². The molecule has 2 heterocycles. The first-order valence-electron chi connectivity index (χ1n) is 5.49. The maximum atomic E-state index is 12.4. The van der Waals surface area contributed by atoms with Gasteiger partial charge in [-0.05, 0) is 52.7 Å². The smallest absolute Gasteiger partial charge is 0.253 e. The molecule has 0 bridgehead atoms. The molecule has 4 nitrogen and oxygen atoms in total. The number of nitrogens with two attached hydrogens (primary N) is 1. The average molecular weight is 339 g/mol. The summed E-state index contributed by atoms with van der Waals surface area (Å²) in [5.74, 6) is 0.289. The Morgan fingerprint density at radius 3 is 2.94 bits per heavy atom. The van der Waals surface area contributed by atoms with Crippen molar-refractivity contribution in [3.8, 4) is 0 Å². The number of rotatable bonds is 3. The zero-order chi connectivity index (χ0) is 12.5. The Morgan fingerprint density at radius 1 is 1.59 bits per heavy atom. The van der Waals surface area contributed by atoms with Crippen LogP contribution >= 0.6 is 27.3 Å². The predicted octanol–water partition coefficient (Wildman–Crippen LogP) is 1.87. The topological polar surface area (TPSA) is 63.4 Å². The Hall–Kier alpha value is 0.0500. The zero-order valence-electron chi connectivity index (χ0n) is 9.30. The zero-order valence-corrected chi connectivity index (χ0v) is 12.5. The summed E-state index contributed by atoms with van der Waals surface area (Å²) >= 11 is 4.53. The molecule has 1 aromatic rings. The third-order valence-electron chi connectivity index (χ3n) is 2.97. The van der Waals surface area contributed by atoms with Gasteiger partial charge in [0, 0.05) is 17.6 Å². The van der Waals surface area contributed by atoms with Gasteiger partial charge >= 0.3 is 0 Å². The molecule has 1 fully saturated rings. The van der Waals surface area contributed by atoms with Crippen molar-refractivity contribution in [3.05, 3.63) is 15.9 Å². The molecule has 0 saturated carbocycles. The van der Waals surface area contributed by atoms with E-state index in [1.54, 1.807) is 15.8 Å². The van der Waals surface area contributed by atoms with Crippen LogP contribution in [0.1, 0.15) is 12.8 Å². The van der Waals surface area contributed by atoms with Crippen LogP contribution in [-0.4, -0.2) is 32.4 Å². The number of piperidine rings is 1. The number of sulfonamides is 1.